The molecule has 0 saturated carbocycles. The van der Waals surface area contributed by atoms with Crippen LogP contribution in [0.1, 0.15) is 34.8 Å². The van der Waals surface area contributed by atoms with Gasteiger partial charge in [0.2, 0.25) is 5.82 Å². The Morgan fingerprint density at radius 1 is 1.44 bits per heavy atom. The number of carbonyl (C=O) groups is 1. The number of aromatic amines is 1. The fourth-order valence-corrected chi connectivity index (χ4v) is 1.68. The molecule has 18 heavy (non-hydrogen) atoms. The maximum absolute atomic E-state index is 12.0. The number of aryl methyl sites for hydroxylation is 3. The summed E-state index contributed by atoms with van der Waals surface area (Å²) in [6.45, 7) is 5.68. The number of nitrogens with zero attached hydrogens (tertiary/aromatic N) is 4. The van der Waals surface area contributed by atoms with Crippen molar-refractivity contribution in [3.63, 3.8) is 0 Å². The smallest absolute Gasteiger partial charge is 0.295 e. The van der Waals surface area contributed by atoms with E-state index < -0.39 is 0 Å². The fraction of sp³-hybridized carbons (Fsp3) is 0.455. The summed E-state index contributed by atoms with van der Waals surface area (Å²) in [4.78, 5) is 16.0. The predicted octanol–water partition coefficient (Wildman–Crippen LogP) is 0.970. The molecule has 7 heteroatoms. The van der Waals surface area contributed by atoms with E-state index >= 15 is 0 Å². The predicted molar refractivity (Wildman–Crippen MR) is 66.4 cm³/mol. The highest BCUT2D eigenvalue weighted by Crippen LogP contribution is 2.18. The standard InChI is InChI=1S/C11H16N6O/c1-5-8-12-10(15-14-8)11(18)13-9-6(2)16-17(4)7(9)3/h5H2,1-4H3,(H,13,18)(H,12,14,15). The summed E-state index contributed by atoms with van der Waals surface area (Å²) in [5.74, 6) is 0.513. The van der Waals surface area contributed by atoms with E-state index in [1.54, 1.807) is 4.68 Å². The van der Waals surface area contributed by atoms with Crippen LogP contribution in [0, 0.1) is 13.8 Å². The maximum atomic E-state index is 12.0. The molecule has 96 valence electrons. The van der Waals surface area contributed by atoms with Gasteiger partial charge in [0.15, 0.2) is 0 Å². The van der Waals surface area contributed by atoms with Crippen LogP contribution < -0.4 is 5.32 Å². The fourth-order valence-electron chi connectivity index (χ4n) is 1.68. The van der Waals surface area contributed by atoms with Gasteiger partial charge in [-0.3, -0.25) is 14.6 Å². The Labute approximate surface area is 105 Å². The summed E-state index contributed by atoms with van der Waals surface area (Å²) in [5, 5.41) is 13.6. The summed E-state index contributed by atoms with van der Waals surface area (Å²) in [5.41, 5.74) is 2.38. The molecule has 0 aliphatic carbocycles. The molecular formula is C11H16N6O. The maximum Gasteiger partial charge on any atom is 0.295 e. The average Bonchev–Trinajstić information content (AvgIpc) is 2.90. The van der Waals surface area contributed by atoms with Gasteiger partial charge in [0.05, 0.1) is 17.1 Å². The zero-order valence-corrected chi connectivity index (χ0v) is 10.9. The number of aromatic nitrogens is 5. The van der Waals surface area contributed by atoms with Crippen LogP contribution in [0.4, 0.5) is 5.69 Å². The first-order valence-corrected chi connectivity index (χ1v) is 5.75. The molecule has 2 aromatic heterocycles. The molecule has 0 bridgehead atoms. The highest BCUT2D eigenvalue weighted by atomic mass is 16.2. The van der Waals surface area contributed by atoms with E-state index in [2.05, 4.69) is 25.6 Å². The third kappa shape index (κ3) is 2.11. The van der Waals surface area contributed by atoms with Crippen LogP contribution in [0.15, 0.2) is 0 Å². The van der Waals surface area contributed by atoms with Gasteiger partial charge in [0.25, 0.3) is 5.91 Å². The van der Waals surface area contributed by atoms with Crippen LogP contribution in [0.2, 0.25) is 0 Å². The number of hydrogen-bond donors (Lipinski definition) is 2. The quantitative estimate of drug-likeness (QED) is 0.847. The molecule has 2 aromatic rings. The summed E-state index contributed by atoms with van der Waals surface area (Å²) in [6.07, 6.45) is 0.714. The Hall–Kier alpha value is -2.18. The van der Waals surface area contributed by atoms with E-state index in [-0.39, 0.29) is 11.7 Å². The molecule has 0 aliphatic heterocycles. The minimum Gasteiger partial charge on any atom is -0.316 e. The van der Waals surface area contributed by atoms with E-state index in [0.29, 0.717) is 17.9 Å². The topological polar surface area (TPSA) is 88.5 Å². The van der Waals surface area contributed by atoms with Crippen LogP contribution in [0.25, 0.3) is 0 Å². The molecule has 0 aliphatic rings. The lowest BCUT2D eigenvalue weighted by atomic mass is 10.3. The number of nitrogens with one attached hydrogen (secondary N) is 2. The minimum atomic E-state index is -0.329. The van der Waals surface area contributed by atoms with Crippen molar-refractivity contribution in [1.82, 2.24) is 25.0 Å². The van der Waals surface area contributed by atoms with Gasteiger partial charge >= 0.3 is 0 Å². The molecule has 1 amide bonds. The molecule has 0 unspecified atom stereocenters. The monoisotopic (exact) mass is 248 g/mol. The van der Waals surface area contributed by atoms with E-state index in [1.807, 2.05) is 27.8 Å². The Kier molecular flexibility index (Phi) is 3.14. The van der Waals surface area contributed by atoms with Crippen molar-refractivity contribution in [3.05, 3.63) is 23.0 Å². The first-order chi connectivity index (χ1) is 8.52. The van der Waals surface area contributed by atoms with Crippen molar-refractivity contribution >= 4 is 11.6 Å². The highest BCUT2D eigenvalue weighted by Gasteiger charge is 2.16. The van der Waals surface area contributed by atoms with Crippen molar-refractivity contribution in [2.75, 3.05) is 5.32 Å². The number of rotatable bonds is 3. The van der Waals surface area contributed by atoms with E-state index in [9.17, 15) is 4.79 Å². The zero-order chi connectivity index (χ0) is 13.3. The van der Waals surface area contributed by atoms with Crippen LogP contribution >= 0.6 is 0 Å². The van der Waals surface area contributed by atoms with Gasteiger partial charge in [0, 0.05) is 13.5 Å². The SMILES string of the molecule is CCc1nc(C(=O)Nc2c(C)nn(C)c2C)n[nH]1. The van der Waals surface area contributed by atoms with Crippen molar-refractivity contribution in [2.45, 2.75) is 27.2 Å². The van der Waals surface area contributed by atoms with Crippen LogP contribution in [-0.4, -0.2) is 30.9 Å². The van der Waals surface area contributed by atoms with Gasteiger partial charge in [-0.15, -0.1) is 5.10 Å². The van der Waals surface area contributed by atoms with E-state index in [0.717, 1.165) is 11.4 Å². The average molecular weight is 248 g/mol. The molecule has 0 spiro atoms. The van der Waals surface area contributed by atoms with Crippen molar-refractivity contribution < 1.29 is 4.79 Å². The molecule has 0 atom stereocenters. The summed E-state index contributed by atoms with van der Waals surface area (Å²) in [6, 6.07) is 0. The second kappa shape index (κ2) is 4.59. The first-order valence-electron chi connectivity index (χ1n) is 5.75. The Morgan fingerprint density at radius 2 is 2.17 bits per heavy atom. The second-order valence-corrected chi connectivity index (χ2v) is 4.08. The minimum absolute atomic E-state index is 0.148. The number of amides is 1. The molecule has 2 heterocycles. The number of hydrogen-bond acceptors (Lipinski definition) is 4. The molecule has 0 saturated heterocycles. The van der Waals surface area contributed by atoms with Crippen LogP contribution in [0.5, 0.6) is 0 Å². The largest absolute Gasteiger partial charge is 0.316 e. The lowest BCUT2D eigenvalue weighted by molar-refractivity contribution is 0.101. The Bertz CT molecular complexity index is 582. The van der Waals surface area contributed by atoms with Gasteiger partial charge in [0.1, 0.15) is 5.82 Å². The van der Waals surface area contributed by atoms with Gasteiger partial charge in [-0.1, -0.05) is 6.92 Å². The molecule has 7 nitrogen and oxygen atoms in total. The summed E-state index contributed by atoms with van der Waals surface area (Å²) in [7, 11) is 1.83. The molecule has 0 aromatic carbocycles. The van der Waals surface area contributed by atoms with Crippen LogP contribution in [0.3, 0.4) is 0 Å². The molecule has 2 N–H and O–H groups in total. The van der Waals surface area contributed by atoms with Gasteiger partial charge < -0.3 is 5.32 Å². The Balaban J connectivity index is 2.21. The van der Waals surface area contributed by atoms with Crippen molar-refractivity contribution in [2.24, 2.45) is 7.05 Å². The lowest BCUT2D eigenvalue weighted by Crippen LogP contribution is -2.15. The van der Waals surface area contributed by atoms with Gasteiger partial charge in [-0.05, 0) is 13.8 Å². The second-order valence-electron chi connectivity index (χ2n) is 4.08. The highest BCUT2D eigenvalue weighted by molar-refractivity contribution is 6.02. The van der Waals surface area contributed by atoms with E-state index in [4.69, 9.17) is 0 Å². The summed E-state index contributed by atoms with van der Waals surface area (Å²) >= 11 is 0. The Morgan fingerprint density at radius 3 is 2.67 bits per heavy atom. The van der Waals surface area contributed by atoms with E-state index in [1.165, 1.54) is 0 Å². The number of anilines is 1. The van der Waals surface area contributed by atoms with Gasteiger partial charge in [-0.2, -0.15) is 5.10 Å². The normalized spacial score (nSPS) is 10.7. The van der Waals surface area contributed by atoms with Crippen molar-refractivity contribution in [1.29, 1.82) is 0 Å². The zero-order valence-electron chi connectivity index (χ0n) is 10.9. The molecular weight excluding hydrogens is 232 g/mol. The summed E-state index contributed by atoms with van der Waals surface area (Å²) < 4.78 is 1.72. The van der Waals surface area contributed by atoms with Crippen molar-refractivity contribution in [3.8, 4) is 0 Å². The third-order valence-electron chi connectivity index (χ3n) is 2.82. The molecule has 2 rings (SSSR count). The molecule has 0 fully saturated rings. The van der Waals surface area contributed by atoms with Gasteiger partial charge in [-0.25, -0.2) is 4.98 Å². The first kappa shape index (κ1) is 12.3. The lowest BCUT2D eigenvalue weighted by Gasteiger charge is -2.02. The van der Waals surface area contributed by atoms with Crippen LogP contribution in [-0.2, 0) is 13.5 Å². The number of H-pyrrole nitrogens is 1. The third-order valence-corrected chi connectivity index (χ3v) is 2.82. The molecule has 0 radical (unpaired) electrons. The number of carbonyl (C=O) groups excluding carboxylic acids is 1.